The summed E-state index contributed by atoms with van der Waals surface area (Å²) in [5.41, 5.74) is 0. The van der Waals surface area contributed by atoms with Gasteiger partial charge in [0.05, 0.1) is 18.2 Å². The molecule has 114 valence electrons. The molecule has 0 aliphatic heterocycles. The molecule has 2 N–H and O–H groups in total. The van der Waals surface area contributed by atoms with Crippen LogP contribution in [-0.4, -0.2) is 33.1 Å². The van der Waals surface area contributed by atoms with Crippen LogP contribution in [0.15, 0.2) is 6.20 Å². The first kappa shape index (κ1) is 15.4. The summed E-state index contributed by atoms with van der Waals surface area (Å²) in [6, 6.07) is 0.339. The SMILES string of the molecule is CCCOc1nc(NCC)nc(NCc2cnc(C)s2)n1. The van der Waals surface area contributed by atoms with Crippen LogP contribution in [0.5, 0.6) is 6.01 Å². The van der Waals surface area contributed by atoms with E-state index in [1.54, 1.807) is 11.3 Å². The number of thiazole rings is 1. The number of anilines is 2. The largest absolute Gasteiger partial charge is 0.463 e. The number of ether oxygens (including phenoxy) is 1. The Morgan fingerprint density at radius 3 is 2.52 bits per heavy atom. The maximum atomic E-state index is 5.49. The Labute approximate surface area is 128 Å². The van der Waals surface area contributed by atoms with Gasteiger partial charge in [0.1, 0.15) is 0 Å². The third-order valence-corrected chi connectivity index (χ3v) is 3.39. The highest BCUT2D eigenvalue weighted by Gasteiger charge is 2.07. The number of nitrogens with one attached hydrogen (secondary N) is 2. The predicted molar refractivity (Wildman–Crippen MR) is 84.0 cm³/mol. The number of aryl methyl sites for hydroxylation is 1. The van der Waals surface area contributed by atoms with Gasteiger partial charge in [0, 0.05) is 17.6 Å². The smallest absolute Gasteiger partial charge is 0.323 e. The van der Waals surface area contributed by atoms with E-state index in [1.165, 1.54) is 0 Å². The molecule has 8 heteroatoms. The summed E-state index contributed by atoms with van der Waals surface area (Å²) in [5.74, 6) is 1.01. The molecule has 0 spiro atoms. The molecule has 0 bridgehead atoms. The monoisotopic (exact) mass is 308 g/mol. The van der Waals surface area contributed by atoms with E-state index in [2.05, 4.69) is 30.6 Å². The van der Waals surface area contributed by atoms with Gasteiger partial charge < -0.3 is 15.4 Å². The summed E-state index contributed by atoms with van der Waals surface area (Å²) in [6.45, 7) is 7.97. The Bertz CT molecular complexity index is 574. The fraction of sp³-hybridized carbons (Fsp3) is 0.538. The van der Waals surface area contributed by atoms with Crippen LogP contribution in [0.2, 0.25) is 0 Å². The molecule has 0 amide bonds. The lowest BCUT2D eigenvalue weighted by Crippen LogP contribution is -2.10. The molecule has 0 aliphatic carbocycles. The van der Waals surface area contributed by atoms with Gasteiger partial charge in [-0.3, -0.25) is 0 Å². The van der Waals surface area contributed by atoms with Crippen molar-refractivity contribution in [2.24, 2.45) is 0 Å². The molecule has 2 aromatic rings. The maximum absolute atomic E-state index is 5.49. The highest BCUT2D eigenvalue weighted by atomic mass is 32.1. The van der Waals surface area contributed by atoms with Gasteiger partial charge >= 0.3 is 6.01 Å². The van der Waals surface area contributed by atoms with Crippen molar-refractivity contribution < 1.29 is 4.74 Å². The molecule has 0 atom stereocenters. The Morgan fingerprint density at radius 1 is 1.14 bits per heavy atom. The average molecular weight is 308 g/mol. The number of hydrogen-bond donors (Lipinski definition) is 2. The first-order valence-electron chi connectivity index (χ1n) is 6.99. The van der Waals surface area contributed by atoms with Crippen molar-refractivity contribution in [3.63, 3.8) is 0 Å². The van der Waals surface area contributed by atoms with Crippen molar-refractivity contribution in [2.75, 3.05) is 23.8 Å². The zero-order valence-corrected chi connectivity index (χ0v) is 13.3. The molecule has 0 saturated carbocycles. The number of hydrogen-bond acceptors (Lipinski definition) is 8. The molecule has 0 unspecified atom stereocenters. The minimum atomic E-state index is 0.339. The van der Waals surface area contributed by atoms with Crippen molar-refractivity contribution in [1.29, 1.82) is 0 Å². The summed E-state index contributed by atoms with van der Waals surface area (Å²) in [4.78, 5) is 18.1. The van der Waals surface area contributed by atoms with Gasteiger partial charge in [-0.15, -0.1) is 11.3 Å². The number of nitrogens with zero attached hydrogens (tertiary/aromatic N) is 4. The van der Waals surface area contributed by atoms with Crippen LogP contribution < -0.4 is 15.4 Å². The van der Waals surface area contributed by atoms with Gasteiger partial charge in [-0.2, -0.15) is 15.0 Å². The molecule has 7 nitrogen and oxygen atoms in total. The normalized spacial score (nSPS) is 10.4. The summed E-state index contributed by atoms with van der Waals surface area (Å²) in [5, 5.41) is 7.30. The van der Waals surface area contributed by atoms with E-state index in [9.17, 15) is 0 Å². The van der Waals surface area contributed by atoms with E-state index in [4.69, 9.17) is 4.74 Å². The van der Waals surface area contributed by atoms with Crippen LogP contribution in [0.3, 0.4) is 0 Å². The zero-order valence-electron chi connectivity index (χ0n) is 12.5. The van der Waals surface area contributed by atoms with E-state index in [0.717, 1.165) is 22.9 Å². The fourth-order valence-corrected chi connectivity index (χ4v) is 2.32. The molecular weight excluding hydrogens is 288 g/mol. The summed E-state index contributed by atoms with van der Waals surface area (Å²) in [6.07, 6.45) is 2.76. The second-order valence-electron chi connectivity index (χ2n) is 4.34. The molecule has 0 fully saturated rings. The molecule has 0 aliphatic rings. The van der Waals surface area contributed by atoms with Crippen LogP contribution in [0.4, 0.5) is 11.9 Å². The predicted octanol–water partition coefficient (Wildman–Crippen LogP) is 2.47. The topological polar surface area (TPSA) is 84.9 Å². The van der Waals surface area contributed by atoms with Gasteiger partial charge in [0.2, 0.25) is 11.9 Å². The third-order valence-electron chi connectivity index (χ3n) is 2.47. The summed E-state index contributed by atoms with van der Waals surface area (Å²) in [7, 11) is 0. The Balaban J connectivity index is 2.07. The first-order chi connectivity index (χ1) is 10.2. The Kier molecular flexibility index (Phi) is 5.68. The van der Waals surface area contributed by atoms with Crippen molar-refractivity contribution in [1.82, 2.24) is 19.9 Å². The quantitative estimate of drug-likeness (QED) is 0.775. The van der Waals surface area contributed by atoms with E-state index < -0.39 is 0 Å². The van der Waals surface area contributed by atoms with Gasteiger partial charge in [-0.25, -0.2) is 4.98 Å². The second kappa shape index (κ2) is 7.72. The average Bonchev–Trinajstić information content (AvgIpc) is 2.89. The molecular formula is C13H20N6OS. The van der Waals surface area contributed by atoms with Crippen LogP contribution in [0.1, 0.15) is 30.2 Å². The third kappa shape index (κ3) is 4.82. The zero-order chi connectivity index (χ0) is 15.1. The van der Waals surface area contributed by atoms with Crippen molar-refractivity contribution in [3.8, 4) is 6.01 Å². The minimum absolute atomic E-state index is 0.339. The molecule has 2 heterocycles. The van der Waals surface area contributed by atoms with E-state index >= 15 is 0 Å². The lowest BCUT2D eigenvalue weighted by Gasteiger charge is -2.09. The van der Waals surface area contributed by atoms with E-state index in [-0.39, 0.29) is 0 Å². The van der Waals surface area contributed by atoms with Crippen molar-refractivity contribution in [2.45, 2.75) is 33.7 Å². The van der Waals surface area contributed by atoms with Gasteiger partial charge in [-0.05, 0) is 20.3 Å². The molecule has 0 aromatic carbocycles. The number of aromatic nitrogens is 4. The minimum Gasteiger partial charge on any atom is -0.463 e. The van der Waals surface area contributed by atoms with E-state index in [1.807, 2.05) is 27.0 Å². The van der Waals surface area contributed by atoms with Crippen LogP contribution in [-0.2, 0) is 6.54 Å². The van der Waals surface area contributed by atoms with Crippen LogP contribution in [0, 0.1) is 6.92 Å². The fourth-order valence-electron chi connectivity index (χ4n) is 1.58. The highest BCUT2D eigenvalue weighted by Crippen LogP contribution is 2.15. The van der Waals surface area contributed by atoms with Gasteiger partial charge in [-0.1, -0.05) is 6.92 Å². The summed E-state index contributed by atoms with van der Waals surface area (Å²) < 4.78 is 5.49. The van der Waals surface area contributed by atoms with E-state index in [0.29, 0.717) is 31.1 Å². The lowest BCUT2D eigenvalue weighted by molar-refractivity contribution is 0.292. The van der Waals surface area contributed by atoms with Gasteiger partial charge in [0.15, 0.2) is 0 Å². The van der Waals surface area contributed by atoms with Crippen LogP contribution in [0.25, 0.3) is 0 Å². The highest BCUT2D eigenvalue weighted by molar-refractivity contribution is 7.11. The lowest BCUT2D eigenvalue weighted by atomic mass is 10.5. The van der Waals surface area contributed by atoms with Crippen molar-refractivity contribution in [3.05, 3.63) is 16.1 Å². The maximum Gasteiger partial charge on any atom is 0.323 e. The standard InChI is InChI=1S/C13H20N6OS/c1-4-6-20-13-18-11(14-5-2)17-12(19-13)16-8-10-7-15-9(3)21-10/h7H,4-6,8H2,1-3H3,(H2,14,16,17,18,19). The summed E-state index contributed by atoms with van der Waals surface area (Å²) >= 11 is 1.65. The van der Waals surface area contributed by atoms with Gasteiger partial charge in [0.25, 0.3) is 0 Å². The molecule has 21 heavy (non-hydrogen) atoms. The Morgan fingerprint density at radius 2 is 1.90 bits per heavy atom. The Hall–Kier alpha value is -1.96. The molecule has 2 aromatic heterocycles. The first-order valence-corrected chi connectivity index (χ1v) is 7.80. The second-order valence-corrected chi connectivity index (χ2v) is 5.66. The molecule has 2 rings (SSSR count). The molecule has 0 radical (unpaired) electrons. The van der Waals surface area contributed by atoms with Crippen molar-refractivity contribution >= 4 is 23.2 Å². The number of rotatable bonds is 8. The molecule has 0 saturated heterocycles. The van der Waals surface area contributed by atoms with Crippen LogP contribution >= 0.6 is 11.3 Å².